The molecule has 10 heteroatoms. The van der Waals surface area contributed by atoms with Crippen molar-refractivity contribution >= 4 is 80.8 Å². The number of benzene rings is 3. The van der Waals surface area contributed by atoms with Crippen LogP contribution in [0.2, 0.25) is 10.0 Å². The van der Waals surface area contributed by atoms with E-state index in [2.05, 4.69) is 5.32 Å². The highest BCUT2D eigenvalue weighted by Crippen LogP contribution is 2.38. The van der Waals surface area contributed by atoms with E-state index >= 15 is 0 Å². The molecule has 0 aromatic heterocycles. The van der Waals surface area contributed by atoms with E-state index in [4.69, 9.17) is 44.9 Å². The Balaban J connectivity index is 1.48. The van der Waals surface area contributed by atoms with Gasteiger partial charge < -0.3 is 14.8 Å². The molecule has 1 aliphatic rings. The lowest BCUT2D eigenvalue weighted by Crippen LogP contribution is -2.27. The molecule has 6 nitrogen and oxygen atoms in total. The minimum absolute atomic E-state index is 0.219. The first-order valence-corrected chi connectivity index (χ1v) is 13.2. The van der Waals surface area contributed by atoms with E-state index in [9.17, 15) is 9.59 Å². The average Bonchev–Trinajstić information content (AvgIpc) is 3.13. The van der Waals surface area contributed by atoms with Crippen molar-refractivity contribution < 1.29 is 19.1 Å². The fourth-order valence-electron chi connectivity index (χ4n) is 3.47. The number of nitrogens with zero attached hydrogens (tertiary/aromatic N) is 1. The molecule has 3 aromatic carbocycles. The molecule has 4 rings (SSSR count). The molecule has 0 atom stereocenters. The first-order chi connectivity index (χ1) is 17.7. The van der Waals surface area contributed by atoms with Gasteiger partial charge in [-0.2, -0.15) is 0 Å². The maximum atomic E-state index is 13.1. The number of carbonyl (C=O) groups is 2. The van der Waals surface area contributed by atoms with E-state index < -0.39 is 0 Å². The van der Waals surface area contributed by atoms with Crippen molar-refractivity contribution in [2.75, 3.05) is 23.4 Å². The molecule has 1 aliphatic heterocycles. The van der Waals surface area contributed by atoms with Crippen LogP contribution in [0.4, 0.5) is 11.4 Å². The minimum atomic E-state index is -0.339. The molecule has 0 bridgehead atoms. The standard InChI is InChI=1S/C27H22Cl2N2O4S2/c1-3-34-23-11-17(8-10-22(23)35-15-25(32)30-19-6-4-5-18(28)13-19)12-24-26(33)31(27(36)37-24)20-9-7-16(2)21(29)14-20/h4-14H,3,15H2,1-2H3,(H,30,32)/b24-12-. The maximum Gasteiger partial charge on any atom is 0.270 e. The van der Waals surface area contributed by atoms with E-state index in [-0.39, 0.29) is 18.4 Å². The van der Waals surface area contributed by atoms with Gasteiger partial charge in [0, 0.05) is 15.7 Å². The van der Waals surface area contributed by atoms with E-state index in [1.807, 2.05) is 26.0 Å². The zero-order valence-electron chi connectivity index (χ0n) is 19.9. The highest BCUT2D eigenvalue weighted by Gasteiger charge is 2.33. The topological polar surface area (TPSA) is 67.9 Å². The lowest BCUT2D eigenvalue weighted by molar-refractivity contribution is -0.118. The fourth-order valence-corrected chi connectivity index (χ4v) is 5.14. The number of ether oxygens (including phenoxy) is 2. The van der Waals surface area contributed by atoms with Crippen LogP contribution in [0.1, 0.15) is 18.1 Å². The Morgan fingerprint density at radius 2 is 1.89 bits per heavy atom. The Morgan fingerprint density at radius 1 is 1.08 bits per heavy atom. The summed E-state index contributed by atoms with van der Waals surface area (Å²) in [6, 6.07) is 17.5. The van der Waals surface area contributed by atoms with Crippen LogP contribution in [0.25, 0.3) is 6.08 Å². The van der Waals surface area contributed by atoms with Crippen molar-refractivity contribution in [3.05, 3.63) is 86.7 Å². The second kappa shape index (κ2) is 12.0. The molecule has 2 amide bonds. The highest BCUT2D eigenvalue weighted by molar-refractivity contribution is 8.27. The number of hydrogen-bond donors (Lipinski definition) is 1. The third-order valence-electron chi connectivity index (χ3n) is 5.24. The Bertz CT molecular complexity index is 1410. The molecule has 0 saturated carbocycles. The van der Waals surface area contributed by atoms with Crippen molar-refractivity contribution in [2.45, 2.75) is 13.8 Å². The number of nitrogens with one attached hydrogen (secondary N) is 1. The first kappa shape index (κ1) is 27.0. The SMILES string of the molecule is CCOc1cc(/C=C2\SC(=S)N(c3ccc(C)c(Cl)c3)C2=O)ccc1OCC(=O)Nc1cccc(Cl)c1. The van der Waals surface area contributed by atoms with Gasteiger partial charge in [-0.1, -0.05) is 65.4 Å². The second-order valence-corrected chi connectivity index (χ2v) is 10.5. The monoisotopic (exact) mass is 572 g/mol. The molecular formula is C27H22Cl2N2O4S2. The summed E-state index contributed by atoms with van der Waals surface area (Å²) in [5.74, 6) is 0.286. The fraction of sp³-hybridized carbons (Fsp3) is 0.148. The number of aryl methyl sites for hydroxylation is 1. The van der Waals surface area contributed by atoms with Crippen LogP contribution in [0.3, 0.4) is 0 Å². The normalized spacial score (nSPS) is 14.3. The van der Waals surface area contributed by atoms with Crippen molar-refractivity contribution in [2.24, 2.45) is 0 Å². The largest absolute Gasteiger partial charge is 0.490 e. The number of hydrogen-bond acceptors (Lipinski definition) is 6. The molecule has 190 valence electrons. The van der Waals surface area contributed by atoms with Crippen LogP contribution in [0.15, 0.2) is 65.6 Å². The van der Waals surface area contributed by atoms with Gasteiger partial charge in [0.05, 0.1) is 17.2 Å². The molecular weight excluding hydrogens is 551 g/mol. The molecule has 0 unspecified atom stereocenters. The number of amides is 2. The summed E-state index contributed by atoms with van der Waals surface area (Å²) in [5.41, 5.74) is 2.84. The van der Waals surface area contributed by atoms with Gasteiger partial charge in [-0.25, -0.2) is 0 Å². The summed E-state index contributed by atoms with van der Waals surface area (Å²) in [4.78, 5) is 27.4. The lowest BCUT2D eigenvalue weighted by Gasteiger charge is -2.15. The smallest absolute Gasteiger partial charge is 0.270 e. The predicted octanol–water partition coefficient (Wildman–Crippen LogP) is 7.12. The van der Waals surface area contributed by atoms with Crippen molar-refractivity contribution in [3.8, 4) is 11.5 Å². The summed E-state index contributed by atoms with van der Waals surface area (Å²) in [5, 5.41) is 3.82. The summed E-state index contributed by atoms with van der Waals surface area (Å²) in [6.07, 6.45) is 1.74. The van der Waals surface area contributed by atoms with Gasteiger partial charge in [0.2, 0.25) is 0 Å². The summed E-state index contributed by atoms with van der Waals surface area (Å²) < 4.78 is 11.9. The van der Waals surface area contributed by atoms with Gasteiger partial charge in [0.15, 0.2) is 22.4 Å². The second-order valence-electron chi connectivity index (χ2n) is 7.94. The Kier molecular flexibility index (Phi) is 8.76. The Morgan fingerprint density at radius 3 is 2.62 bits per heavy atom. The summed E-state index contributed by atoms with van der Waals surface area (Å²) in [7, 11) is 0. The van der Waals surface area contributed by atoms with Crippen LogP contribution in [-0.2, 0) is 9.59 Å². The molecule has 0 radical (unpaired) electrons. The van der Waals surface area contributed by atoms with Crippen LogP contribution in [-0.4, -0.2) is 29.3 Å². The molecule has 1 saturated heterocycles. The summed E-state index contributed by atoms with van der Waals surface area (Å²) in [6.45, 7) is 3.92. The Labute approximate surface area is 234 Å². The Hall–Kier alpha value is -3.04. The number of thioether (sulfide) groups is 1. The van der Waals surface area contributed by atoms with Crippen molar-refractivity contribution in [3.63, 3.8) is 0 Å². The van der Waals surface area contributed by atoms with E-state index in [0.29, 0.717) is 48.8 Å². The highest BCUT2D eigenvalue weighted by atomic mass is 35.5. The molecule has 3 aromatic rings. The third kappa shape index (κ3) is 6.64. The average molecular weight is 574 g/mol. The van der Waals surface area contributed by atoms with Gasteiger partial charge in [-0.15, -0.1) is 0 Å². The van der Waals surface area contributed by atoms with Crippen LogP contribution in [0.5, 0.6) is 11.5 Å². The van der Waals surface area contributed by atoms with Crippen LogP contribution < -0.4 is 19.7 Å². The first-order valence-electron chi connectivity index (χ1n) is 11.2. The van der Waals surface area contributed by atoms with E-state index in [0.717, 1.165) is 11.1 Å². The van der Waals surface area contributed by atoms with Crippen LogP contribution >= 0.6 is 47.2 Å². The minimum Gasteiger partial charge on any atom is -0.490 e. The molecule has 37 heavy (non-hydrogen) atoms. The van der Waals surface area contributed by atoms with E-state index in [1.54, 1.807) is 54.6 Å². The molecule has 1 heterocycles. The number of rotatable bonds is 8. The van der Waals surface area contributed by atoms with Crippen molar-refractivity contribution in [1.29, 1.82) is 0 Å². The molecule has 1 N–H and O–H groups in total. The van der Waals surface area contributed by atoms with Gasteiger partial charge in [-0.05, 0) is 73.5 Å². The quantitative estimate of drug-likeness (QED) is 0.229. The molecule has 0 aliphatic carbocycles. The zero-order valence-corrected chi connectivity index (χ0v) is 23.1. The van der Waals surface area contributed by atoms with Crippen LogP contribution in [0, 0.1) is 6.92 Å². The number of anilines is 2. The van der Waals surface area contributed by atoms with Gasteiger partial charge in [-0.3, -0.25) is 14.5 Å². The number of carbonyl (C=O) groups excluding carboxylic acids is 2. The lowest BCUT2D eigenvalue weighted by atomic mass is 10.1. The maximum absolute atomic E-state index is 13.1. The van der Waals surface area contributed by atoms with Gasteiger partial charge >= 0.3 is 0 Å². The van der Waals surface area contributed by atoms with Crippen molar-refractivity contribution in [1.82, 2.24) is 0 Å². The number of thiocarbonyl (C=S) groups is 1. The summed E-state index contributed by atoms with van der Waals surface area (Å²) >= 11 is 18.9. The molecule has 0 spiro atoms. The van der Waals surface area contributed by atoms with Gasteiger partial charge in [0.1, 0.15) is 0 Å². The molecule has 1 fully saturated rings. The van der Waals surface area contributed by atoms with Gasteiger partial charge in [0.25, 0.3) is 11.8 Å². The predicted molar refractivity (Wildman–Crippen MR) is 155 cm³/mol. The zero-order chi connectivity index (χ0) is 26.5. The van der Waals surface area contributed by atoms with E-state index in [1.165, 1.54) is 16.7 Å². The third-order valence-corrected chi connectivity index (χ3v) is 7.18. The number of halogens is 2.